The first-order valence-electron chi connectivity index (χ1n) is 6.15. The fourth-order valence-electron chi connectivity index (χ4n) is 1.80. The van der Waals surface area contributed by atoms with Crippen LogP contribution < -0.4 is 14.8 Å². The van der Waals surface area contributed by atoms with Crippen molar-refractivity contribution in [1.82, 2.24) is 9.97 Å². The molecule has 1 aromatic heterocycles. The molecular weight excluding hydrogens is 313 g/mol. The summed E-state index contributed by atoms with van der Waals surface area (Å²) in [6, 6.07) is 3.42. The Labute approximate surface area is 133 Å². The second-order valence-corrected chi connectivity index (χ2v) is 5.11. The number of nitrogens with zero attached hydrogens (tertiary/aromatic N) is 2. The highest BCUT2D eigenvalue weighted by molar-refractivity contribution is 6.32. The fourth-order valence-corrected chi connectivity index (χ4v) is 2.25. The lowest BCUT2D eigenvalue weighted by atomic mass is 10.2. The van der Waals surface area contributed by atoms with Gasteiger partial charge in [0.25, 0.3) is 0 Å². The Kier molecular flexibility index (Phi) is 4.75. The predicted octanol–water partition coefficient (Wildman–Crippen LogP) is 4.16. The van der Waals surface area contributed by atoms with Crippen LogP contribution in [0.25, 0.3) is 0 Å². The molecule has 112 valence electrons. The summed E-state index contributed by atoms with van der Waals surface area (Å²) in [4.78, 5) is 8.44. The fraction of sp³-hybridized carbons (Fsp3) is 0.286. The first-order valence-corrected chi connectivity index (χ1v) is 6.91. The van der Waals surface area contributed by atoms with Crippen LogP contribution >= 0.6 is 23.2 Å². The summed E-state index contributed by atoms with van der Waals surface area (Å²) in [6.07, 6.45) is 0. The molecule has 0 bridgehead atoms. The van der Waals surface area contributed by atoms with Gasteiger partial charge >= 0.3 is 0 Å². The molecule has 2 rings (SSSR count). The van der Waals surface area contributed by atoms with Gasteiger partial charge in [0.2, 0.25) is 0 Å². The Morgan fingerprint density at radius 3 is 2.29 bits per heavy atom. The molecule has 0 unspecified atom stereocenters. The molecule has 0 aliphatic rings. The van der Waals surface area contributed by atoms with Crippen LogP contribution in [0.1, 0.15) is 11.4 Å². The smallest absolute Gasteiger partial charge is 0.146 e. The van der Waals surface area contributed by atoms with E-state index in [2.05, 4.69) is 15.3 Å². The third-order valence-corrected chi connectivity index (χ3v) is 3.59. The largest absolute Gasteiger partial charge is 0.495 e. The zero-order valence-corrected chi connectivity index (χ0v) is 13.6. The molecular formula is C14H15Cl2N3O2. The Morgan fingerprint density at radius 1 is 1.00 bits per heavy atom. The average Bonchev–Trinajstić information content (AvgIpc) is 2.44. The van der Waals surface area contributed by atoms with E-state index in [9.17, 15) is 0 Å². The summed E-state index contributed by atoms with van der Waals surface area (Å²) in [7, 11) is 3.12. The molecule has 0 radical (unpaired) electrons. The Morgan fingerprint density at radius 2 is 1.67 bits per heavy atom. The van der Waals surface area contributed by atoms with Crippen LogP contribution in [-0.4, -0.2) is 24.2 Å². The molecule has 0 aliphatic heterocycles. The molecule has 0 amide bonds. The normalized spacial score (nSPS) is 10.4. The van der Waals surface area contributed by atoms with Crippen LogP contribution in [0.5, 0.6) is 11.5 Å². The number of halogens is 2. The third-order valence-electron chi connectivity index (χ3n) is 2.93. The number of anilines is 2. The van der Waals surface area contributed by atoms with Crippen LogP contribution in [0, 0.1) is 13.8 Å². The minimum atomic E-state index is 0.406. The van der Waals surface area contributed by atoms with E-state index in [0.29, 0.717) is 39.0 Å². The number of nitrogens with one attached hydrogen (secondary N) is 1. The number of aromatic nitrogens is 2. The van der Waals surface area contributed by atoms with Crippen LogP contribution in [0.2, 0.25) is 10.2 Å². The quantitative estimate of drug-likeness (QED) is 0.854. The van der Waals surface area contributed by atoms with Crippen molar-refractivity contribution in [2.75, 3.05) is 19.5 Å². The number of hydrogen-bond acceptors (Lipinski definition) is 5. The maximum absolute atomic E-state index is 6.15. The van der Waals surface area contributed by atoms with Crippen molar-refractivity contribution in [1.29, 1.82) is 0 Å². The van der Waals surface area contributed by atoms with Crippen LogP contribution in [0.15, 0.2) is 12.1 Å². The van der Waals surface area contributed by atoms with Crippen molar-refractivity contribution >= 4 is 34.7 Å². The highest BCUT2D eigenvalue weighted by Crippen LogP contribution is 2.37. The second kappa shape index (κ2) is 6.37. The second-order valence-electron chi connectivity index (χ2n) is 4.35. The maximum Gasteiger partial charge on any atom is 0.146 e. The van der Waals surface area contributed by atoms with Crippen LogP contribution in [0.3, 0.4) is 0 Å². The summed E-state index contributed by atoms with van der Waals surface area (Å²) < 4.78 is 10.5. The number of benzene rings is 1. The number of methoxy groups -OCH3 is 2. The van der Waals surface area contributed by atoms with Gasteiger partial charge in [-0.3, -0.25) is 0 Å². The van der Waals surface area contributed by atoms with Crippen molar-refractivity contribution in [3.8, 4) is 11.5 Å². The van der Waals surface area contributed by atoms with Gasteiger partial charge in [0.15, 0.2) is 0 Å². The van der Waals surface area contributed by atoms with Crippen molar-refractivity contribution in [2.45, 2.75) is 13.8 Å². The van der Waals surface area contributed by atoms with E-state index < -0.39 is 0 Å². The molecule has 0 atom stereocenters. The van der Waals surface area contributed by atoms with Gasteiger partial charge in [0, 0.05) is 11.6 Å². The zero-order chi connectivity index (χ0) is 15.6. The van der Waals surface area contributed by atoms with Gasteiger partial charge in [0.1, 0.15) is 28.3 Å². The number of rotatable bonds is 4. The molecule has 5 nitrogen and oxygen atoms in total. The number of ether oxygens (including phenoxy) is 2. The van der Waals surface area contributed by atoms with Gasteiger partial charge < -0.3 is 14.8 Å². The Hall–Kier alpha value is -1.72. The zero-order valence-electron chi connectivity index (χ0n) is 12.1. The first-order chi connectivity index (χ1) is 9.96. The standard InChI is InChI=1S/C14H15Cl2N3O2/c1-7-13(16)17-8(2)18-14(7)19-10-5-9(15)11(20-3)6-12(10)21-4/h5-6H,1-4H3,(H,17,18,19). The Balaban J connectivity index is 2.46. The molecule has 2 aromatic rings. The Bertz CT molecular complexity index is 678. The van der Waals surface area contributed by atoms with Gasteiger partial charge in [-0.1, -0.05) is 23.2 Å². The van der Waals surface area contributed by atoms with E-state index in [1.165, 1.54) is 0 Å². The third kappa shape index (κ3) is 3.31. The first kappa shape index (κ1) is 15.7. The maximum atomic E-state index is 6.15. The van der Waals surface area contributed by atoms with Gasteiger partial charge in [-0.05, 0) is 19.9 Å². The van der Waals surface area contributed by atoms with Crippen LogP contribution in [0.4, 0.5) is 11.5 Å². The topological polar surface area (TPSA) is 56.3 Å². The SMILES string of the molecule is COc1cc(OC)c(Nc2nc(C)nc(Cl)c2C)cc1Cl. The number of aryl methyl sites for hydroxylation is 1. The van der Waals surface area contributed by atoms with Crippen molar-refractivity contribution in [3.05, 3.63) is 33.7 Å². The predicted molar refractivity (Wildman–Crippen MR) is 84.4 cm³/mol. The minimum Gasteiger partial charge on any atom is -0.495 e. The average molecular weight is 328 g/mol. The summed E-state index contributed by atoms with van der Waals surface area (Å²) in [5, 5.41) is 4.04. The monoisotopic (exact) mass is 327 g/mol. The minimum absolute atomic E-state index is 0.406. The van der Waals surface area contributed by atoms with Crippen LogP contribution in [-0.2, 0) is 0 Å². The molecule has 0 saturated carbocycles. The summed E-state index contributed by atoms with van der Waals surface area (Å²) in [5.41, 5.74) is 1.41. The van der Waals surface area contributed by atoms with E-state index in [1.54, 1.807) is 33.3 Å². The lowest BCUT2D eigenvalue weighted by Crippen LogP contribution is -2.03. The molecule has 1 N–H and O–H groups in total. The van der Waals surface area contributed by atoms with Gasteiger partial charge in [0.05, 0.1) is 24.9 Å². The summed E-state index contributed by atoms with van der Waals surface area (Å²) in [5.74, 6) is 2.30. The number of hydrogen-bond donors (Lipinski definition) is 1. The molecule has 7 heteroatoms. The molecule has 0 fully saturated rings. The van der Waals surface area contributed by atoms with Gasteiger partial charge in [-0.25, -0.2) is 9.97 Å². The van der Waals surface area contributed by atoms with Gasteiger partial charge in [-0.15, -0.1) is 0 Å². The molecule has 0 spiro atoms. The highest BCUT2D eigenvalue weighted by atomic mass is 35.5. The lowest BCUT2D eigenvalue weighted by Gasteiger charge is -2.15. The van der Waals surface area contributed by atoms with E-state index in [1.807, 2.05) is 6.92 Å². The molecule has 1 heterocycles. The molecule has 21 heavy (non-hydrogen) atoms. The van der Waals surface area contributed by atoms with E-state index >= 15 is 0 Å². The van der Waals surface area contributed by atoms with Crippen molar-refractivity contribution in [2.24, 2.45) is 0 Å². The molecule has 1 aromatic carbocycles. The summed E-state index contributed by atoms with van der Waals surface area (Å²) in [6.45, 7) is 3.61. The highest BCUT2D eigenvalue weighted by Gasteiger charge is 2.13. The van der Waals surface area contributed by atoms with E-state index in [0.717, 1.165) is 5.56 Å². The van der Waals surface area contributed by atoms with E-state index in [4.69, 9.17) is 32.7 Å². The lowest BCUT2D eigenvalue weighted by molar-refractivity contribution is 0.396. The summed E-state index contributed by atoms with van der Waals surface area (Å²) >= 11 is 12.2. The van der Waals surface area contributed by atoms with Crippen molar-refractivity contribution < 1.29 is 9.47 Å². The molecule has 0 aliphatic carbocycles. The molecule has 0 saturated heterocycles. The van der Waals surface area contributed by atoms with Crippen molar-refractivity contribution in [3.63, 3.8) is 0 Å². The van der Waals surface area contributed by atoms with Gasteiger partial charge in [-0.2, -0.15) is 0 Å². The van der Waals surface area contributed by atoms with E-state index in [-0.39, 0.29) is 0 Å².